The predicted octanol–water partition coefficient (Wildman–Crippen LogP) is 0.408. The first-order valence-electron chi connectivity index (χ1n) is 2.38. The van der Waals surface area contributed by atoms with Crippen LogP contribution < -0.4 is 0 Å². The SMILES string of the molecule is COC(=O)C(C)(N=O)N=O. The Morgan fingerprint density at radius 2 is 1.80 bits per heavy atom. The van der Waals surface area contributed by atoms with Gasteiger partial charge in [-0.2, -0.15) is 0 Å². The van der Waals surface area contributed by atoms with E-state index in [2.05, 4.69) is 15.1 Å². The Balaban J connectivity index is 4.47. The molecule has 0 aromatic heterocycles. The molecular formula is C4H6N2O4. The zero-order chi connectivity index (χ0) is 8.20. The highest BCUT2D eigenvalue weighted by molar-refractivity contribution is 5.79. The summed E-state index contributed by atoms with van der Waals surface area (Å²) in [5.41, 5.74) is -2.13. The minimum atomic E-state index is -2.13. The molecule has 0 unspecified atom stereocenters. The average Bonchev–Trinajstić information content (AvgIpc) is 2.01. The zero-order valence-corrected chi connectivity index (χ0v) is 5.53. The quantitative estimate of drug-likeness (QED) is 0.426. The van der Waals surface area contributed by atoms with Gasteiger partial charge in [-0.25, -0.2) is 4.79 Å². The molecule has 0 aromatic rings. The van der Waals surface area contributed by atoms with E-state index in [1.807, 2.05) is 0 Å². The van der Waals surface area contributed by atoms with Crippen LogP contribution in [0.3, 0.4) is 0 Å². The fourth-order valence-corrected chi connectivity index (χ4v) is 0.285. The molecule has 0 radical (unpaired) electrons. The van der Waals surface area contributed by atoms with E-state index in [1.165, 1.54) is 0 Å². The third kappa shape index (κ3) is 1.34. The van der Waals surface area contributed by atoms with Gasteiger partial charge in [-0.1, -0.05) is 0 Å². The second kappa shape index (κ2) is 3.00. The molecule has 0 bridgehead atoms. The molecule has 0 rings (SSSR count). The van der Waals surface area contributed by atoms with Crippen LogP contribution in [0.5, 0.6) is 0 Å². The Hall–Kier alpha value is -1.33. The molecule has 0 fully saturated rings. The maximum Gasteiger partial charge on any atom is 0.363 e. The van der Waals surface area contributed by atoms with Crippen molar-refractivity contribution in [2.24, 2.45) is 10.4 Å². The van der Waals surface area contributed by atoms with Gasteiger partial charge in [0.05, 0.1) is 7.11 Å². The Kier molecular flexibility index (Phi) is 2.60. The van der Waals surface area contributed by atoms with Crippen molar-refractivity contribution in [3.8, 4) is 0 Å². The number of carbonyl (C=O) groups is 1. The predicted molar refractivity (Wildman–Crippen MR) is 32.0 cm³/mol. The third-order valence-electron chi connectivity index (χ3n) is 0.928. The van der Waals surface area contributed by atoms with E-state index in [0.717, 1.165) is 14.0 Å². The summed E-state index contributed by atoms with van der Waals surface area (Å²) in [6, 6.07) is 0. The monoisotopic (exact) mass is 146 g/mol. The zero-order valence-electron chi connectivity index (χ0n) is 5.53. The first kappa shape index (κ1) is 8.67. The minimum absolute atomic E-state index is 0.971. The van der Waals surface area contributed by atoms with Gasteiger partial charge in [0.2, 0.25) is 0 Å². The number of ether oxygens (including phenoxy) is 1. The van der Waals surface area contributed by atoms with E-state index in [-0.39, 0.29) is 0 Å². The van der Waals surface area contributed by atoms with Gasteiger partial charge in [-0.3, -0.25) is 0 Å². The molecule has 0 saturated heterocycles. The van der Waals surface area contributed by atoms with E-state index in [0.29, 0.717) is 0 Å². The van der Waals surface area contributed by atoms with Crippen molar-refractivity contribution in [3.05, 3.63) is 9.81 Å². The van der Waals surface area contributed by atoms with E-state index >= 15 is 0 Å². The molecule has 6 nitrogen and oxygen atoms in total. The first-order chi connectivity index (χ1) is 4.60. The first-order valence-corrected chi connectivity index (χ1v) is 2.38. The number of carbonyl (C=O) groups excluding carboxylic acids is 1. The van der Waals surface area contributed by atoms with Crippen LogP contribution in [0.1, 0.15) is 6.92 Å². The van der Waals surface area contributed by atoms with Crippen LogP contribution in [-0.4, -0.2) is 18.7 Å². The summed E-state index contributed by atoms with van der Waals surface area (Å²) in [6.07, 6.45) is 0. The Morgan fingerprint density at radius 3 is 1.90 bits per heavy atom. The second-order valence-corrected chi connectivity index (χ2v) is 1.69. The van der Waals surface area contributed by atoms with Gasteiger partial charge < -0.3 is 4.74 Å². The van der Waals surface area contributed by atoms with Crippen LogP contribution in [0.4, 0.5) is 0 Å². The standard InChI is InChI=1S/C4H6N2O4/c1-4(5-8,6-9)3(7)10-2/h1-2H3. The van der Waals surface area contributed by atoms with Crippen molar-refractivity contribution in [1.82, 2.24) is 0 Å². The lowest BCUT2D eigenvalue weighted by Crippen LogP contribution is -2.30. The maximum atomic E-state index is 10.5. The number of rotatable bonds is 3. The third-order valence-corrected chi connectivity index (χ3v) is 0.928. The molecule has 0 spiro atoms. The highest BCUT2D eigenvalue weighted by Crippen LogP contribution is 2.12. The highest BCUT2D eigenvalue weighted by Gasteiger charge is 2.37. The van der Waals surface area contributed by atoms with Crippen LogP contribution in [0.15, 0.2) is 10.4 Å². The number of methoxy groups -OCH3 is 1. The van der Waals surface area contributed by atoms with Gasteiger partial charge in [0.1, 0.15) is 0 Å². The number of hydrogen-bond donors (Lipinski definition) is 0. The highest BCUT2D eigenvalue weighted by atomic mass is 16.5. The topological polar surface area (TPSA) is 85.2 Å². The lowest BCUT2D eigenvalue weighted by atomic mass is 10.2. The van der Waals surface area contributed by atoms with E-state index < -0.39 is 11.6 Å². The molecule has 0 aliphatic carbocycles. The van der Waals surface area contributed by atoms with Crippen molar-refractivity contribution in [2.45, 2.75) is 12.6 Å². The van der Waals surface area contributed by atoms with Gasteiger partial charge in [0.25, 0.3) is 0 Å². The molecule has 0 N–H and O–H groups in total. The molecule has 0 saturated carbocycles. The molecule has 56 valence electrons. The molecule has 0 aromatic carbocycles. The largest absolute Gasteiger partial charge is 0.466 e. The number of nitrogens with zero attached hydrogens (tertiary/aromatic N) is 2. The summed E-state index contributed by atoms with van der Waals surface area (Å²) < 4.78 is 4.07. The minimum Gasteiger partial charge on any atom is -0.466 e. The average molecular weight is 146 g/mol. The number of nitroso groups, excluding NO2 is 2. The maximum absolute atomic E-state index is 10.5. The molecule has 10 heavy (non-hydrogen) atoms. The molecule has 0 amide bonds. The molecular weight excluding hydrogens is 140 g/mol. The summed E-state index contributed by atoms with van der Waals surface area (Å²) in [5, 5.41) is 4.41. The summed E-state index contributed by atoms with van der Waals surface area (Å²) in [7, 11) is 1.04. The van der Waals surface area contributed by atoms with Gasteiger partial charge in [0.15, 0.2) is 0 Å². The van der Waals surface area contributed by atoms with Crippen molar-refractivity contribution >= 4 is 5.97 Å². The van der Waals surface area contributed by atoms with Crippen molar-refractivity contribution in [3.63, 3.8) is 0 Å². The smallest absolute Gasteiger partial charge is 0.363 e. The fraction of sp³-hybridized carbons (Fsp3) is 0.750. The Labute approximate surface area is 56.5 Å². The summed E-state index contributed by atoms with van der Waals surface area (Å²) >= 11 is 0. The van der Waals surface area contributed by atoms with Gasteiger partial charge >= 0.3 is 11.6 Å². The van der Waals surface area contributed by atoms with Crippen LogP contribution in [0.2, 0.25) is 0 Å². The van der Waals surface area contributed by atoms with Gasteiger partial charge in [-0.05, 0) is 17.3 Å². The molecule has 0 aliphatic heterocycles. The summed E-state index contributed by atoms with van der Waals surface area (Å²) in [5.74, 6) is -1.06. The van der Waals surface area contributed by atoms with Crippen molar-refractivity contribution in [2.75, 3.05) is 7.11 Å². The summed E-state index contributed by atoms with van der Waals surface area (Å²) in [4.78, 5) is 30.1. The second-order valence-electron chi connectivity index (χ2n) is 1.69. The Bertz CT molecular complexity index is 159. The van der Waals surface area contributed by atoms with Gasteiger partial charge in [-0.15, -0.1) is 9.81 Å². The molecule has 0 heterocycles. The van der Waals surface area contributed by atoms with Crippen LogP contribution in [0.25, 0.3) is 0 Å². The summed E-state index contributed by atoms with van der Waals surface area (Å²) in [6.45, 7) is 0.971. The fourth-order valence-electron chi connectivity index (χ4n) is 0.285. The lowest BCUT2D eigenvalue weighted by Gasteiger charge is -2.07. The normalized spacial score (nSPS) is 10.2. The molecule has 0 atom stereocenters. The molecule has 0 aliphatic rings. The number of hydrogen-bond acceptors (Lipinski definition) is 6. The lowest BCUT2D eigenvalue weighted by molar-refractivity contribution is -0.146. The van der Waals surface area contributed by atoms with Crippen molar-refractivity contribution < 1.29 is 9.53 Å². The van der Waals surface area contributed by atoms with Crippen LogP contribution in [-0.2, 0) is 9.53 Å². The molecule has 6 heteroatoms. The van der Waals surface area contributed by atoms with Gasteiger partial charge in [0, 0.05) is 0 Å². The van der Waals surface area contributed by atoms with E-state index in [9.17, 15) is 14.6 Å². The van der Waals surface area contributed by atoms with E-state index in [4.69, 9.17) is 0 Å². The van der Waals surface area contributed by atoms with Crippen molar-refractivity contribution in [1.29, 1.82) is 0 Å². The van der Waals surface area contributed by atoms with Crippen LogP contribution >= 0.6 is 0 Å². The van der Waals surface area contributed by atoms with Crippen LogP contribution in [0, 0.1) is 9.81 Å². The number of esters is 1. The Morgan fingerprint density at radius 1 is 1.40 bits per heavy atom. The van der Waals surface area contributed by atoms with E-state index in [1.54, 1.807) is 0 Å².